The molecule has 0 aliphatic carbocycles. The molecule has 0 radical (unpaired) electrons. The maximum absolute atomic E-state index is 9.52. The Morgan fingerprint density at radius 2 is 1.96 bits per heavy atom. The summed E-state index contributed by atoms with van der Waals surface area (Å²) in [7, 11) is 0. The number of hydrogen-bond acceptors (Lipinski definition) is 6. The number of H-pyrrole nitrogens is 1. The van der Waals surface area contributed by atoms with Crippen LogP contribution in [0, 0.1) is 0 Å². The van der Waals surface area contributed by atoms with Crippen LogP contribution in [0.15, 0.2) is 65.1 Å². The summed E-state index contributed by atoms with van der Waals surface area (Å²) in [5, 5.41) is 26.5. The summed E-state index contributed by atoms with van der Waals surface area (Å²) in [6.45, 7) is 0. The zero-order valence-electron chi connectivity index (χ0n) is 13.6. The summed E-state index contributed by atoms with van der Waals surface area (Å²) >= 11 is 1.64. The van der Waals surface area contributed by atoms with Crippen molar-refractivity contribution < 1.29 is 5.11 Å². The Hall–Kier alpha value is -3.32. The van der Waals surface area contributed by atoms with Crippen molar-refractivity contribution in [3.8, 4) is 5.75 Å². The number of anilines is 2. The molecule has 26 heavy (non-hydrogen) atoms. The van der Waals surface area contributed by atoms with Crippen molar-refractivity contribution in [3.05, 3.63) is 70.5 Å². The van der Waals surface area contributed by atoms with E-state index in [1.807, 2.05) is 35.7 Å². The first-order chi connectivity index (χ1) is 12.8. The number of benzene rings is 2. The molecule has 3 heterocycles. The number of aromatic amines is 1. The third-order valence-electron chi connectivity index (χ3n) is 4.34. The lowest BCUT2D eigenvalue weighted by Crippen LogP contribution is -2.23. The van der Waals surface area contributed by atoms with Crippen molar-refractivity contribution in [2.75, 3.05) is 10.6 Å². The van der Waals surface area contributed by atoms with E-state index in [0.29, 0.717) is 0 Å². The van der Waals surface area contributed by atoms with E-state index >= 15 is 0 Å². The van der Waals surface area contributed by atoms with Gasteiger partial charge in [0.2, 0.25) is 0 Å². The minimum absolute atomic E-state index is 0.210. The molecule has 1 aliphatic rings. The number of fused-ring (bicyclic) bond motifs is 2. The van der Waals surface area contributed by atoms with Gasteiger partial charge in [0.15, 0.2) is 0 Å². The van der Waals surface area contributed by atoms with Gasteiger partial charge in [-0.1, -0.05) is 12.1 Å². The summed E-state index contributed by atoms with van der Waals surface area (Å²) in [6.07, 6.45) is 1.60. The molecule has 4 N–H and O–H groups in total. The quantitative estimate of drug-likeness (QED) is 0.428. The molecule has 4 aromatic rings. The molecule has 1 atom stereocenters. The third kappa shape index (κ3) is 2.58. The van der Waals surface area contributed by atoms with Gasteiger partial charge in [-0.05, 0) is 47.3 Å². The minimum atomic E-state index is -0.210. The zero-order chi connectivity index (χ0) is 17.5. The highest BCUT2D eigenvalue weighted by molar-refractivity contribution is 7.13. The normalized spacial score (nSPS) is 16.0. The largest absolute Gasteiger partial charge is 0.508 e. The highest BCUT2D eigenvalue weighted by atomic mass is 32.1. The SMILES string of the molecule is Oc1ccc(C2N=C(Nc3ccc4[nH]ncc4c3)c3sccc3N2)cc1. The van der Waals surface area contributed by atoms with Gasteiger partial charge in [-0.2, -0.15) is 5.10 Å². The Bertz CT molecular complexity index is 1110. The number of phenolic OH excluding ortho intramolecular Hbond substituents is 1. The van der Waals surface area contributed by atoms with Gasteiger partial charge >= 0.3 is 0 Å². The van der Waals surface area contributed by atoms with Gasteiger partial charge in [0.1, 0.15) is 17.8 Å². The predicted molar refractivity (Wildman–Crippen MR) is 105 cm³/mol. The number of aromatic nitrogens is 2. The fourth-order valence-electron chi connectivity index (χ4n) is 3.03. The van der Waals surface area contributed by atoms with Crippen LogP contribution in [-0.4, -0.2) is 21.1 Å². The Labute approximate surface area is 153 Å². The van der Waals surface area contributed by atoms with Crippen molar-refractivity contribution in [1.82, 2.24) is 10.2 Å². The number of thiophene rings is 1. The highest BCUT2D eigenvalue weighted by Crippen LogP contribution is 2.34. The number of rotatable bonds is 2. The van der Waals surface area contributed by atoms with E-state index in [1.165, 1.54) is 0 Å². The summed E-state index contributed by atoms with van der Waals surface area (Å²) < 4.78 is 0. The average Bonchev–Trinajstić information content (AvgIpc) is 3.30. The molecule has 2 aromatic carbocycles. The first-order valence-electron chi connectivity index (χ1n) is 8.17. The van der Waals surface area contributed by atoms with E-state index in [2.05, 4.69) is 26.9 Å². The summed E-state index contributed by atoms with van der Waals surface area (Å²) in [6, 6.07) is 15.2. The molecule has 7 heteroatoms. The molecule has 0 spiro atoms. The minimum Gasteiger partial charge on any atom is -0.508 e. The number of aromatic hydroxyl groups is 1. The molecule has 6 nitrogen and oxygen atoms in total. The molecule has 1 aliphatic heterocycles. The van der Waals surface area contributed by atoms with Crippen molar-refractivity contribution in [2.45, 2.75) is 6.17 Å². The molecular formula is C19H15N5OS. The van der Waals surface area contributed by atoms with Crippen molar-refractivity contribution in [3.63, 3.8) is 0 Å². The lowest BCUT2D eigenvalue weighted by molar-refractivity contribution is 0.475. The van der Waals surface area contributed by atoms with Crippen LogP contribution >= 0.6 is 11.3 Å². The molecule has 128 valence electrons. The monoisotopic (exact) mass is 361 g/mol. The van der Waals surface area contributed by atoms with Crippen molar-refractivity contribution in [1.29, 1.82) is 0 Å². The topological polar surface area (TPSA) is 85.3 Å². The van der Waals surface area contributed by atoms with Crippen LogP contribution in [0.25, 0.3) is 10.9 Å². The second-order valence-corrected chi connectivity index (χ2v) is 6.99. The van der Waals surface area contributed by atoms with Gasteiger partial charge < -0.3 is 15.7 Å². The van der Waals surface area contributed by atoms with E-state index in [4.69, 9.17) is 4.99 Å². The lowest BCUT2D eigenvalue weighted by atomic mass is 10.1. The molecule has 5 rings (SSSR count). The maximum atomic E-state index is 9.52. The number of nitrogens with one attached hydrogen (secondary N) is 3. The molecule has 0 bridgehead atoms. The maximum Gasteiger partial charge on any atom is 0.147 e. The number of hydrogen-bond donors (Lipinski definition) is 4. The molecular weight excluding hydrogens is 346 g/mol. The Morgan fingerprint density at radius 3 is 2.85 bits per heavy atom. The van der Waals surface area contributed by atoms with Crippen LogP contribution < -0.4 is 10.6 Å². The summed E-state index contributed by atoms with van der Waals surface area (Å²) in [5.74, 6) is 1.08. The fourth-order valence-corrected chi connectivity index (χ4v) is 3.84. The van der Waals surface area contributed by atoms with Gasteiger partial charge in [-0.3, -0.25) is 5.10 Å². The van der Waals surface area contributed by atoms with Gasteiger partial charge in [-0.25, -0.2) is 4.99 Å². The molecule has 0 fully saturated rings. The predicted octanol–water partition coefficient (Wildman–Crippen LogP) is 4.31. The molecule has 0 saturated carbocycles. The Balaban J connectivity index is 1.52. The summed E-state index contributed by atoms with van der Waals surface area (Å²) in [5.41, 5.74) is 4.00. The summed E-state index contributed by atoms with van der Waals surface area (Å²) in [4.78, 5) is 5.93. The number of nitrogens with zero attached hydrogens (tertiary/aromatic N) is 2. The van der Waals surface area contributed by atoms with Gasteiger partial charge in [0, 0.05) is 11.1 Å². The Kier molecular flexibility index (Phi) is 3.39. The number of aliphatic imine (C=N–C) groups is 1. The molecule has 2 aromatic heterocycles. The van der Waals surface area contributed by atoms with Gasteiger partial charge in [-0.15, -0.1) is 11.3 Å². The molecule has 1 unspecified atom stereocenters. The number of amidine groups is 1. The second kappa shape index (κ2) is 5.89. The number of phenols is 1. The molecule has 0 saturated heterocycles. The van der Waals surface area contributed by atoms with E-state index in [-0.39, 0.29) is 11.9 Å². The molecule has 0 amide bonds. The standard InChI is InChI=1S/C19H15N5OS/c25-14-4-1-11(2-5-14)18-22-16-7-8-26-17(16)19(23-18)21-13-3-6-15-12(9-13)10-20-24-15/h1-10,18,22,25H,(H,20,24)(H,21,23). The first-order valence-corrected chi connectivity index (χ1v) is 9.05. The van der Waals surface area contributed by atoms with Crippen LogP contribution in [0.1, 0.15) is 16.6 Å². The van der Waals surface area contributed by atoms with Crippen LogP contribution in [0.3, 0.4) is 0 Å². The van der Waals surface area contributed by atoms with Crippen LogP contribution in [0.2, 0.25) is 0 Å². The third-order valence-corrected chi connectivity index (χ3v) is 5.26. The van der Waals surface area contributed by atoms with Gasteiger partial charge in [0.25, 0.3) is 0 Å². The zero-order valence-corrected chi connectivity index (χ0v) is 14.4. The van der Waals surface area contributed by atoms with Crippen LogP contribution in [-0.2, 0) is 0 Å². The first kappa shape index (κ1) is 15.0. The van der Waals surface area contributed by atoms with E-state index < -0.39 is 0 Å². The van der Waals surface area contributed by atoms with E-state index in [9.17, 15) is 5.11 Å². The second-order valence-electron chi connectivity index (χ2n) is 6.08. The fraction of sp³-hybridized carbons (Fsp3) is 0.0526. The highest BCUT2D eigenvalue weighted by Gasteiger charge is 2.23. The van der Waals surface area contributed by atoms with Crippen molar-refractivity contribution >= 4 is 39.5 Å². The van der Waals surface area contributed by atoms with E-state index in [0.717, 1.165) is 38.6 Å². The smallest absolute Gasteiger partial charge is 0.147 e. The lowest BCUT2D eigenvalue weighted by Gasteiger charge is -2.24. The van der Waals surface area contributed by atoms with Crippen molar-refractivity contribution in [2.24, 2.45) is 4.99 Å². The average molecular weight is 361 g/mol. The van der Waals surface area contributed by atoms with Gasteiger partial charge in [0.05, 0.1) is 22.3 Å². The Morgan fingerprint density at radius 1 is 1.08 bits per heavy atom. The van der Waals surface area contributed by atoms with E-state index in [1.54, 1.807) is 29.7 Å². The van der Waals surface area contributed by atoms with Crippen LogP contribution in [0.4, 0.5) is 11.4 Å². The van der Waals surface area contributed by atoms with Crippen LogP contribution in [0.5, 0.6) is 5.75 Å².